The van der Waals surface area contributed by atoms with Gasteiger partial charge in [0.05, 0.1) is 17.4 Å². The second kappa shape index (κ2) is 9.66. The third kappa shape index (κ3) is 3.40. The first-order chi connectivity index (χ1) is 21.8. The Morgan fingerprint density at radius 1 is 1.00 bits per heavy atom. The maximum absolute atomic E-state index is 13.7. The standard InChI is InChI=1S/C36H43NO9/c1-7-16(2)32(41)46-26-30(40)34(6)15-37-21-14-35-13-17(3)22-24(45-33(42)20-11-9-8-10-12-20)23(35)29(37)36(27(21)34,31(26)44-19(5)39)28(35)25(22)43-18(4)38/h8-12,16,21-31,40H,3,7,13-15H2,1-2,4-6H3/t16-,21-,22-,23+,24+,25-,26+,27+,28+,29+,30+,31+,34-,35-,36+/m1/s1. The largest absolute Gasteiger partial charge is 0.461 e. The SMILES string of the molecule is C=C1C[C@@]23C[C@@H]4[C@H]5[C@@]6(C)CN4[C@H]4[C@@H]2[C@@H](OC(=O)c2ccccc2)[C@@H]1[C@@H](OC(C)=O)[C@@H]3[C@]45[C@@H](OC(C)=O)[C@@H](OC(=O)[C@H](C)CC)[C@@H]6O. The summed E-state index contributed by atoms with van der Waals surface area (Å²) in [5, 5.41) is 12.1. The zero-order valence-corrected chi connectivity index (χ0v) is 27.0. The molecule has 16 atom stereocenters. The number of hydrogen-bond donors (Lipinski definition) is 1. The van der Waals surface area contributed by atoms with E-state index in [2.05, 4.69) is 18.4 Å². The van der Waals surface area contributed by atoms with Crippen molar-refractivity contribution in [3.63, 3.8) is 0 Å². The monoisotopic (exact) mass is 633 g/mol. The van der Waals surface area contributed by atoms with E-state index in [4.69, 9.17) is 18.9 Å². The summed E-state index contributed by atoms with van der Waals surface area (Å²) < 4.78 is 25.3. The number of carbonyl (C=O) groups is 4. The van der Waals surface area contributed by atoms with Gasteiger partial charge in [0.25, 0.3) is 0 Å². The lowest BCUT2D eigenvalue weighted by Crippen LogP contribution is -2.75. The van der Waals surface area contributed by atoms with Gasteiger partial charge in [-0.2, -0.15) is 0 Å². The highest BCUT2D eigenvalue weighted by Gasteiger charge is 2.95. The van der Waals surface area contributed by atoms with Gasteiger partial charge >= 0.3 is 23.9 Å². The summed E-state index contributed by atoms with van der Waals surface area (Å²) >= 11 is 0. The predicted octanol–water partition coefficient (Wildman–Crippen LogP) is 3.31. The summed E-state index contributed by atoms with van der Waals surface area (Å²) in [7, 11) is 0. The van der Waals surface area contributed by atoms with Gasteiger partial charge in [-0.3, -0.25) is 19.3 Å². The highest BCUT2D eigenvalue weighted by atomic mass is 16.6. The molecule has 0 radical (unpaired) electrons. The molecule has 246 valence electrons. The number of nitrogens with zero attached hydrogens (tertiary/aromatic N) is 1. The first kappa shape index (κ1) is 30.1. The average Bonchev–Trinajstić information content (AvgIpc) is 3.46. The van der Waals surface area contributed by atoms with Crippen LogP contribution in [0.5, 0.6) is 0 Å². The Morgan fingerprint density at radius 3 is 2.35 bits per heavy atom. The third-order valence-corrected chi connectivity index (χ3v) is 13.5. The maximum atomic E-state index is 13.7. The molecule has 2 spiro atoms. The van der Waals surface area contributed by atoms with Crippen molar-refractivity contribution in [1.29, 1.82) is 0 Å². The molecule has 6 aliphatic carbocycles. The molecule has 1 aromatic rings. The van der Waals surface area contributed by atoms with Gasteiger partial charge in [0, 0.05) is 55.1 Å². The molecule has 10 nitrogen and oxygen atoms in total. The molecule has 10 rings (SSSR count). The molecule has 1 N–H and O–H groups in total. The topological polar surface area (TPSA) is 129 Å². The Labute approximate surface area is 268 Å². The van der Waals surface area contributed by atoms with Crippen molar-refractivity contribution < 1.29 is 43.2 Å². The van der Waals surface area contributed by atoms with Crippen molar-refractivity contribution in [3.8, 4) is 0 Å². The number of piperidine rings is 2. The summed E-state index contributed by atoms with van der Waals surface area (Å²) in [6, 6.07) is 8.74. The molecule has 1 aromatic carbocycles. The quantitative estimate of drug-likeness (QED) is 0.271. The number of aliphatic hydroxyl groups is 1. The van der Waals surface area contributed by atoms with E-state index in [1.54, 1.807) is 31.2 Å². The molecule has 10 heteroatoms. The van der Waals surface area contributed by atoms with Crippen LogP contribution in [0.2, 0.25) is 0 Å². The molecule has 46 heavy (non-hydrogen) atoms. The molecule has 9 fully saturated rings. The van der Waals surface area contributed by atoms with Crippen LogP contribution in [0.15, 0.2) is 42.5 Å². The molecule has 1 unspecified atom stereocenters. The number of fused-ring (bicyclic) bond motifs is 1. The lowest BCUT2D eigenvalue weighted by Gasteiger charge is -2.67. The van der Waals surface area contributed by atoms with E-state index in [-0.39, 0.29) is 29.8 Å². The number of rotatable bonds is 7. The Bertz CT molecular complexity index is 1540. The Morgan fingerprint density at radius 2 is 1.70 bits per heavy atom. The molecule has 0 amide bonds. The van der Waals surface area contributed by atoms with Gasteiger partial charge in [-0.15, -0.1) is 0 Å². The maximum Gasteiger partial charge on any atom is 0.338 e. The van der Waals surface area contributed by atoms with Crippen LogP contribution in [0.3, 0.4) is 0 Å². The van der Waals surface area contributed by atoms with Crippen LogP contribution in [0.25, 0.3) is 0 Å². The van der Waals surface area contributed by atoms with Crippen LogP contribution in [0.4, 0.5) is 0 Å². The summed E-state index contributed by atoms with van der Waals surface area (Å²) in [6.07, 6.45) is -2.47. The number of hydrogen-bond acceptors (Lipinski definition) is 10. The van der Waals surface area contributed by atoms with Gasteiger partial charge in [0.2, 0.25) is 0 Å². The van der Waals surface area contributed by atoms with Crippen LogP contribution in [-0.2, 0) is 33.3 Å². The van der Waals surface area contributed by atoms with Gasteiger partial charge in [-0.25, -0.2) is 4.79 Å². The van der Waals surface area contributed by atoms with E-state index < -0.39 is 82.5 Å². The molecular weight excluding hydrogens is 590 g/mol. The molecule has 6 saturated carbocycles. The highest BCUT2D eigenvalue weighted by Crippen LogP contribution is 2.87. The van der Waals surface area contributed by atoms with Crippen molar-refractivity contribution in [2.45, 2.75) is 96.5 Å². The number of carbonyl (C=O) groups excluding carboxylic acids is 4. The minimum Gasteiger partial charge on any atom is -0.461 e. The van der Waals surface area contributed by atoms with Gasteiger partial charge < -0.3 is 24.1 Å². The minimum absolute atomic E-state index is 0.0762. The minimum atomic E-state index is -1.10. The molecule has 3 saturated heterocycles. The van der Waals surface area contributed by atoms with Crippen molar-refractivity contribution in [2.24, 2.45) is 45.8 Å². The third-order valence-electron chi connectivity index (χ3n) is 13.5. The summed E-state index contributed by atoms with van der Waals surface area (Å²) in [5.74, 6) is -3.30. The van der Waals surface area contributed by atoms with Crippen LogP contribution in [-0.4, -0.2) is 83.0 Å². The zero-order valence-electron chi connectivity index (χ0n) is 27.0. The van der Waals surface area contributed by atoms with Gasteiger partial charge in [-0.05, 0) is 42.7 Å². The van der Waals surface area contributed by atoms with Crippen LogP contribution >= 0.6 is 0 Å². The van der Waals surface area contributed by atoms with E-state index in [9.17, 15) is 24.3 Å². The number of ether oxygens (including phenoxy) is 4. The van der Waals surface area contributed by atoms with Crippen molar-refractivity contribution in [1.82, 2.24) is 4.90 Å². The number of aliphatic hydroxyl groups excluding tert-OH is 1. The van der Waals surface area contributed by atoms with Gasteiger partial charge in [0.1, 0.15) is 24.4 Å². The molecule has 9 bridgehead atoms. The van der Waals surface area contributed by atoms with Crippen LogP contribution in [0.1, 0.15) is 64.2 Å². The van der Waals surface area contributed by atoms with Crippen molar-refractivity contribution in [2.75, 3.05) is 6.54 Å². The number of benzene rings is 1. The Hall–Kier alpha value is -3.24. The second-order valence-corrected chi connectivity index (χ2v) is 15.5. The summed E-state index contributed by atoms with van der Waals surface area (Å²) in [6.45, 7) is 13.5. The van der Waals surface area contributed by atoms with Crippen molar-refractivity contribution in [3.05, 3.63) is 48.0 Å². The fourth-order valence-electron chi connectivity index (χ4n) is 12.5. The summed E-state index contributed by atoms with van der Waals surface area (Å²) in [5.41, 5.74) is -0.618. The molecule has 3 heterocycles. The lowest BCUT2D eigenvalue weighted by molar-refractivity contribution is -0.282. The Balaban J connectivity index is 1.33. The van der Waals surface area contributed by atoms with E-state index in [1.807, 2.05) is 13.0 Å². The van der Waals surface area contributed by atoms with E-state index >= 15 is 0 Å². The van der Waals surface area contributed by atoms with Crippen LogP contribution < -0.4 is 0 Å². The second-order valence-electron chi connectivity index (χ2n) is 15.5. The van der Waals surface area contributed by atoms with Gasteiger partial charge in [0.15, 0.2) is 6.10 Å². The average molecular weight is 634 g/mol. The fourth-order valence-corrected chi connectivity index (χ4v) is 12.5. The smallest absolute Gasteiger partial charge is 0.338 e. The first-order valence-electron chi connectivity index (χ1n) is 16.7. The summed E-state index contributed by atoms with van der Waals surface area (Å²) in [4.78, 5) is 55.4. The first-order valence-corrected chi connectivity index (χ1v) is 16.7. The molecule has 0 aromatic heterocycles. The van der Waals surface area contributed by atoms with Crippen molar-refractivity contribution >= 4 is 23.9 Å². The predicted molar refractivity (Wildman–Crippen MR) is 162 cm³/mol. The van der Waals surface area contributed by atoms with E-state index in [0.717, 1.165) is 12.0 Å². The van der Waals surface area contributed by atoms with E-state index in [0.29, 0.717) is 24.9 Å². The molecular formula is C36H43NO9. The zero-order chi connectivity index (χ0) is 32.7. The highest BCUT2D eigenvalue weighted by molar-refractivity contribution is 5.89. The molecule has 3 aliphatic heterocycles. The van der Waals surface area contributed by atoms with E-state index in [1.165, 1.54) is 13.8 Å². The lowest BCUT2D eigenvalue weighted by atomic mass is 9.38. The fraction of sp³-hybridized carbons (Fsp3) is 0.667. The normalized spacial score (nSPS) is 48.6. The van der Waals surface area contributed by atoms with Gasteiger partial charge in [-0.1, -0.05) is 51.1 Å². The Kier molecular flexibility index (Phi) is 6.32. The number of esters is 4. The molecule has 9 aliphatic rings. The van der Waals surface area contributed by atoms with Crippen LogP contribution in [0, 0.1) is 45.8 Å².